The van der Waals surface area contributed by atoms with Crippen molar-refractivity contribution in [2.24, 2.45) is 0 Å². The Labute approximate surface area is 141 Å². The number of aromatic nitrogens is 2. The lowest BCUT2D eigenvalue weighted by Crippen LogP contribution is -2.27. The Morgan fingerprint density at radius 3 is 2.48 bits per heavy atom. The summed E-state index contributed by atoms with van der Waals surface area (Å²) in [4.78, 5) is 28.2. The predicted molar refractivity (Wildman–Crippen MR) is 88.9 cm³/mol. The first-order valence-electron chi connectivity index (χ1n) is 7.40. The van der Waals surface area contributed by atoms with Crippen LogP contribution in [0.1, 0.15) is 0 Å². The quantitative estimate of drug-likeness (QED) is 0.794. The highest BCUT2D eigenvalue weighted by atomic mass is 19.1. The van der Waals surface area contributed by atoms with Gasteiger partial charge in [0, 0.05) is 11.6 Å². The molecule has 126 valence electrons. The number of anilines is 1. The predicted octanol–water partition coefficient (Wildman–Crippen LogP) is 2.83. The number of benzene rings is 2. The van der Waals surface area contributed by atoms with Crippen molar-refractivity contribution >= 4 is 11.6 Å². The van der Waals surface area contributed by atoms with Gasteiger partial charge in [0.05, 0.1) is 17.7 Å². The molecule has 0 spiro atoms. The number of amides is 1. The molecule has 5 nitrogen and oxygen atoms in total. The standard InChI is InChI=1S/C18H13F2N3O2/c19-13-7-5-12(6-8-13)16-9-18(25)23(11-21-16)10-17(24)22-15-4-2-1-3-14(15)20/h1-9,11H,10H2,(H,22,24). The van der Waals surface area contributed by atoms with E-state index < -0.39 is 17.3 Å². The molecule has 0 aliphatic heterocycles. The van der Waals surface area contributed by atoms with Crippen LogP contribution < -0.4 is 10.9 Å². The van der Waals surface area contributed by atoms with Crippen molar-refractivity contribution < 1.29 is 13.6 Å². The molecule has 1 aromatic heterocycles. The number of carbonyl (C=O) groups is 1. The average molecular weight is 341 g/mol. The highest BCUT2D eigenvalue weighted by Crippen LogP contribution is 2.15. The number of hydrogen-bond donors (Lipinski definition) is 1. The fourth-order valence-corrected chi connectivity index (χ4v) is 2.23. The van der Waals surface area contributed by atoms with Gasteiger partial charge in [-0.3, -0.25) is 14.2 Å². The highest BCUT2D eigenvalue weighted by molar-refractivity contribution is 5.90. The second-order valence-electron chi connectivity index (χ2n) is 5.28. The summed E-state index contributed by atoms with van der Waals surface area (Å²) in [5.41, 5.74) is 0.548. The lowest BCUT2D eigenvalue weighted by molar-refractivity contribution is -0.116. The van der Waals surface area contributed by atoms with E-state index in [1.165, 1.54) is 54.9 Å². The van der Waals surface area contributed by atoms with Crippen molar-refractivity contribution in [2.75, 3.05) is 5.32 Å². The summed E-state index contributed by atoms with van der Waals surface area (Å²) in [5, 5.41) is 2.40. The molecular weight excluding hydrogens is 328 g/mol. The van der Waals surface area contributed by atoms with Crippen LogP contribution in [0, 0.1) is 11.6 Å². The molecule has 0 saturated heterocycles. The van der Waals surface area contributed by atoms with Gasteiger partial charge in [0.2, 0.25) is 5.91 Å². The van der Waals surface area contributed by atoms with E-state index in [1.807, 2.05) is 0 Å². The van der Waals surface area contributed by atoms with Crippen molar-refractivity contribution in [3.8, 4) is 11.3 Å². The minimum atomic E-state index is -0.562. The molecule has 0 aliphatic rings. The van der Waals surface area contributed by atoms with Crippen LogP contribution in [0.25, 0.3) is 11.3 Å². The molecule has 0 saturated carbocycles. The first-order chi connectivity index (χ1) is 12.0. The van der Waals surface area contributed by atoms with Crippen LogP contribution in [0.3, 0.4) is 0 Å². The normalized spacial score (nSPS) is 10.5. The Kier molecular flexibility index (Phi) is 4.65. The van der Waals surface area contributed by atoms with E-state index in [9.17, 15) is 18.4 Å². The third-order valence-corrected chi connectivity index (χ3v) is 3.48. The zero-order valence-corrected chi connectivity index (χ0v) is 12.9. The lowest BCUT2D eigenvalue weighted by atomic mass is 10.1. The van der Waals surface area contributed by atoms with Gasteiger partial charge < -0.3 is 5.32 Å². The molecule has 3 aromatic rings. The number of carbonyl (C=O) groups excluding carboxylic acids is 1. The topological polar surface area (TPSA) is 64.0 Å². The lowest BCUT2D eigenvalue weighted by Gasteiger charge is -2.08. The van der Waals surface area contributed by atoms with E-state index in [1.54, 1.807) is 6.07 Å². The zero-order chi connectivity index (χ0) is 17.8. The van der Waals surface area contributed by atoms with Crippen LogP contribution in [0.2, 0.25) is 0 Å². The molecule has 0 radical (unpaired) electrons. The molecule has 7 heteroatoms. The number of para-hydroxylation sites is 1. The summed E-state index contributed by atoms with van der Waals surface area (Å²) in [6.07, 6.45) is 1.22. The first-order valence-corrected chi connectivity index (χ1v) is 7.40. The van der Waals surface area contributed by atoms with E-state index in [2.05, 4.69) is 10.3 Å². The first kappa shape index (κ1) is 16.5. The van der Waals surface area contributed by atoms with Gasteiger partial charge in [0.1, 0.15) is 18.2 Å². The highest BCUT2D eigenvalue weighted by Gasteiger charge is 2.09. The summed E-state index contributed by atoms with van der Waals surface area (Å²) in [6, 6.07) is 12.5. The number of rotatable bonds is 4. The SMILES string of the molecule is O=C(Cn1cnc(-c2ccc(F)cc2)cc1=O)Nc1ccccc1F. The van der Waals surface area contributed by atoms with E-state index >= 15 is 0 Å². The zero-order valence-electron chi connectivity index (χ0n) is 12.9. The maximum absolute atomic E-state index is 13.5. The second-order valence-corrected chi connectivity index (χ2v) is 5.28. The van der Waals surface area contributed by atoms with E-state index in [0.29, 0.717) is 11.3 Å². The minimum Gasteiger partial charge on any atom is -0.322 e. The molecule has 25 heavy (non-hydrogen) atoms. The maximum atomic E-state index is 13.5. The van der Waals surface area contributed by atoms with Crippen LogP contribution in [-0.2, 0) is 11.3 Å². The summed E-state index contributed by atoms with van der Waals surface area (Å²) >= 11 is 0. The number of hydrogen-bond acceptors (Lipinski definition) is 3. The molecule has 0 unspecified atom stereocenters. The van der Waals surface area contributed by atoms with Gasteiger partial charge >= 0.3 is 0 Å². The Balaban J connectivity index is 1.75. The summed E-state index contributed by atoms with van der Waals surface area (Å²) < 4.78 is 27.6. The van der Waals surface area contributed by atoms with Gasteiger partial charge in [-0.15, -0.1) is 0 Å². The van der Waals surface area contributed by atoms with Crippen LogP contribution in [0.5, 0.6) is 0 Å². The van der Waals surface area contributed by atoms with Crippen molar-refractivity contribution in [2.45, 2.75) is 6.54 Å². The molecule has 0 atom stereocenters. The smallest absolute Gasteiger partial charge is 0.254 e. The van der Waals surface area contributed by atoms with Crippen molar-refractivity contribution in [1.29, 1.82) is 0 Å². The Morgan fingerprint density at radius 1 is 1.08 bits per heavy atom. The fraction of sp³-hybridized carbons (Fsp3) is 0.0556. The van der Waals surface area contributed by atoms with Crippen LogP contribution in [-0.4, -0.2) is 15.5 Å². The van der Waals surface area contributed by atoms with Gasteiger partial charge in [0.15, 0.2) is 0 Å². The number of nitrogens with zero attached hydrogens (tertiary/aromatic N) is 2. The van der Waals surface area contributed by atoms with Gasteiger partial charge in [-0.1, -0.05) is 12.1 Å². The minimum absolute atomic E-state index is 0.0384. The number of halogens is 2. The monoisotopic (exact) mass is 341 g/mol. The molecule has 0 aliphatic carbocycles. The van der Waals surface area contributed by atoms with Crippen molar-refractivity contribution in [1.82, 2.24) is 9.55 Å². The summed E-state index contributed by atoms with van der Waals surface area (Å²) in [7, 11) is 0. The molecule has 0 fully saturated rings. The fourth-order valence-electron chi connectivity index (χ4n) is 2.23. The maximum Gasteiger partial charge on any atom is 0.254 e. The third kappa shape index (κ3) is 3.95. The molecule has 1 heterocycles. The summed E-state index contributed by atoms with van der Waals surface area (Å²) in [6.45, 7) is -0.302. The van der Waals surface area contributed by atoms with Gasteiger partial charge in [-0.05, 0) is 36.4 Å². The van der Waals surface area contributed by atoms with Crippen LogP contribution in [0.4, 0.5) is 14.5 Å². The van der Waals surface area contributed by atoms with E-state index in [4.69, 9.17) is 0 Å². The van der Waals surface area contributed by atoms with Crippen LogP contribution in [0.15, 0.2) is 65.7 Å². The Bertz CT molecular complexity index is 969. The largest absolute Gasteiger partial charge is 0.322 e. The molecule has 1 amide bonds. The molecule has 2 aromatic carbocycles. The van der Waals surface area contributed by atoms with E-state index in [-0.39, 0.29) is 18.0 Å². The van der Waals surface area contributed by atoms with Gasteiger partial charge in [-0.25, -0.2) is 13.8 Å². The van der Waals surface area contributed by atoms with Gasteiger partial charge in [0.25, 0.3) is 5.56 Å². The molecule has 1 N–H and O–H groups in total. The van der Waals surface area contributed by atoms with Crippen LogP contribution >= 0.6 is 0 Å². The Morgan fingerprint density at radius 2 is 1.80 bits per heavy atom. The number of nitrogens with one attached hydrogen (secondary N) is 1. The van der Waals surface area contributed by atoms with Crippen molar-refractivity contribution in [3.05, 3.63) is 82.9 Å². The summed E-state index contributed by atoms with van der Waals surface area (Å²) in [5.74, 6) is -1.50. The second kappa shape index (κ2) is 7.04. The van der Waals surface area contributed by atoms with Crippen molar-refractivity contribution in [3.63, 3.8) is 0 Å². The molecule has 0 bridgehead atoms. The van der Waals surface area contributed by atoms with Gasteiger partial charge in [-0.2, -0.15) is 0 Å². The Hall–Kier alpha value is -3.35. The average Bonchev–Trinajstić information content (AvgIpc) is 2.59. The van der Waals surface area contributed by atoms with E-state index in [0.717, 1.165) is 4.57 Å². The molecular formula is C18H13F2N3O2. The molecule has 3 rings (SSSR count). The third-order valence-electron chi connectivity index (χ3n) is 3.48.